The third-order valence-electron chi connectivity index (χ3n) is 3.51. The lowest BCUT2D eigenvalue weighted by atomic mass is 10.2. The fraction of sp³-hybridized carbons (Fsp3) is 0.533. The van der Waals surface area contributed by atoms with Crippen LogP contribution in [0.1, 0.15) is 32.6 Å². The first kappa shape index (κ1) is 14.2. The van der Waals surface area contributed by atoms with Gasteiger partial charge in [-0.25, -0.2) is 4.79 Å². The van der Waals surface area contributed by atoms with Crippen molar-refractivity contribution >= 4 is 22.6 Å². The molecule has 0 radical (unpaired) electrons. The van der Waals surface area contributed by atoms with Gasteiger partial charge >= 0.3 is 5.69 Å². The van der Waals surface area contributed by atoms with Crippen LogP contribution in [0.15, 0.2) is 29.1 Å². The van der Waals surface area contributed by atoms with Crippen LogP contribution >= 0.6 is 11.6 Å². The minimum absolute atomic E-state index is 0.112. The molecule has 0 saturated heterocycles. The van der Waals surface area contributed by atoms with E-state index < -0.39 is 0 Å². The number of hydrogen-bond acceptors (Lipinski definition) is 1. The van der Waals surface area contributed by atoms with E-state index in [9.17, 15) is 4.79 Å². The normalized spacial score (nSPS) is 11.3. The average Bonchev–Trinajstić information content (AvgIpc) is 2.71. The maximum absolute atomic E-state index is 12.3. The number of benzene rings is 1. The molecular weight excluding hydrogens is 260 g/mol. The quantitative estimate of drug-likeness (QED) is 0.562. The van der Waals surface area contributed by atoms with Crippen LogP contribution in [-0.4, -0.2) is 15.0 Å². The molecule has 2 aromatic rings. The average molecular weight is 281 g/mol. The molecule has 0 N–H and O–H groups in total. The van der Waals surface area contributed by atoms with Crippen molar-refractivity contribution in [3.8, 4) is 0 Å². The van der Waals surface area contributed by atoms with Crippen LogP contribution in [0.25, 0.3) is 11.0 Å². The lowest BCUT2D eigenvalue weighted by molar-refractivity contribution is 0.568. The third kappa shape index (κ3) is 3.03. The molecular formula is C15H21ClN2O. The van der Waals surface area contributed by atoms with Crippen molar-refractivity contribution in [3.05, 3.63) is 34.7 Å². The molecule has 0 bridgehead atoms. The number of aryl methyl sites for hydroxylation is 2. The predicted molar refractivity (Wildman–Crippen MR) is 81.1 cm³/mol. The summed E-state index contributed by atoms with van der Waals surface area (Å²) in [6.07, 6.45) is 4.37. The third-order valence-corrected chi connectivity index (χ3v) is 3.77. The number of unbranched alkanes of at least 4 members (excludes halogenated alkanes) is 3. The second kappa shape index (κ2) is 6.80. The highest BCUT2D eigenvalue weighted by Gasteiger charge is 2.10. The Labute approximate surface area is 118 Å². The van der Waals surface area contributed by atoms with Gasteiger partial charge in [-0.1, -0.05) is 25.0 Å². The Hall–Kier alpha value is -1.22. The highest BCUT2D eigenvalue weighted by Crippen LogP contribution is 2.13. The SMILES string of the molecule is CCn1c(=O)n(CCCCCCCl)c2ccccc21. The van der Waals surface area contributed by atoms with Crippen LogP contribution in [0.5, 0.6) is 0 Å². The van der Waals surface area contributed by atoms with E-state index in [2.05, 4.69) is 0 Å². The van der Waals surface area contributed by atoms with Gasteiger partial charge in [0.25, 0.3) is 0 Å². The van der Waals surface area contributed by atoms with Gasteiger partial charge in [0.15, 0.2) is 0 Å². The Bertz CT molecular complexity index is 585. The van der Waals surface area contributed by atoms with Crippen LogP contribution in [0.2, 0.25) is 0 Å². The summed E-state index contributed by atoms with van der Waals surface area (Å²) in [6.45, 7) is 3.53. The second-order valence-electron chi connectivity index (χ2n) is 4.77. The molecule has 0 fully saturated rings. The van der Waals surface area contributed by atoms with E-state index in [4.69, 9.17) is 11.6 Å². The molecule has 0 aliphatic rings. The summed E-state index contributed by atoms with van der Waals surface area (Å²) in [5, 5.41) is 0. The minimum atomic E-state index is 0.112. The van der Waals surface area contributed by atoms with E-state index in [0.29, 0.717) is 0 Å². The Morgan fingerprint density at radius 1 is 1.00 bits per heavy atom. The molecule has 0 aliphatic heterocycles. The van der Waals surface area contributed by atoms with Gasteiger partial charge in [-0.05, 0) is 31.9 Å². The van der Waals surface area contributed by atoms with Crippen molar-refractivity contribution in [3.63, 3.8) is 0 Å². The van der Waals surface area contributed by atoms with Gasteiger partial charge in [-0.3, -0.25) is 9.13 Å². The van der Waals surface area contributed by atoms with E-state index in [1.54, 1.807) is 0 Å². The lowest BCUT2D eigenvalue weighted by Crippen LogP contribution is -2.23. The minimum Gasteiger partial charge on any atom is -0.292 e. The number of alkyl halides is 1. The number of rotatable bonds is 7. The molecule has 2 rings (SSSR count). The van der Waals surface area contributed by atoms with Crippen molar-refractivity contribution in [2.24, 2.45) is 0 Å². The number of fused-ring (bicyclic) bond motifs is 1. The van der Waals surface area contributed by atoms with Crippen molar-refractivity contribution in [2.45, 2.75) is 45.7 Å². The Morgan fingerprint density at radius 3 is 2.26 bits per heavy atom. The summed E-state index contributed by atoms with van der Waals surface area (Å²) < 4.78 is 3.74. The standard InChI is InChI=1S/C15H21ClN2O/c1-2-17-13-9-5-6-10-14(13)18(15(17)19)12-8-4-3-7-11-16/h5-6,9-10H,2-4,7-8,11-12H2,1H3. The number of halogens is 1. The zero-order chi connectivity index (χ0) is 13.7. The molecule has 0 aliphatic carbocycles. The van der Waals surface area contributed by atoms with E-state index in [0.717, 1.165) is 55.7 Å². The highest BCUT2D eigenvalue weighted by atomic mass is 35.5. The zero-order valence-corrected chi connectivity index (χ0v) is 12.2. The fourth-order valence-corrected chi connectivity index (χ4v) is 2.70. The highest BCUT2D eigenvalue weighted by molar-refractivity contribution is 6.17. The summed E-state index contributed by atoms with van der Waals surface area (Å²) >= 11 is 5.66. The van der Waals surface area contributed by atoms with E-state index in [1.165, 1.54) is 0 Å². The molecule has 4 heteroatoms. The fourth-order valence-electron chi connectivity index (χ4n) is 2.51. The lowest BCUT2D eigenvalue weighted by Gasteiger charge is -2.02. The summed E-state index contributed by atoms with van der Waals surface area (Å²) in [6, 6.07) is 8.02. The summed E-state index contributed by atoms with van der Waals surface area (Å²) in [5.41, 5.74) is 2.20. The van der Waals surface area contributed by atoms with Crippen LogP contribution in [0, 0.1) is 0 Å². The van der Waals surface area contributed by atoms with Gasteiger partial charge in [-0.15, -0.1) is 11.6 Å². The molecule has 1 aromatic carbocycles. The van der Waals surface area contributed by atoms with E-state index >= 15 is 0 Å². The first-order valence-electron chi connectivity index (χ1n) is 7.03. The number of imidazole rings is 1. The molecule has 0 spiro atoms. The molecule has 0 saturated carbocycles. The monoisotopic (exact) mass is 280 g/mol. The predicted octanol–water partition coefficient (Wildman–Crippen LogP) is 3.62. The zero-order valence-electron chi connectivity index (χ0n) is 11.4. The number of hydrogen-bond donors (Lipinski definition) is 0. The van der Waals surface area contributed by atoms with Crippen molar-refractivity contribution < 1.29 is 0 Å². The Morgan fingerprint density at radius 2 is 1.63 bits per heavy atom. The molecule has 1 heterocycles. The summed E-state index contributed by atoms with van der Waals surface area (Å²) in [5.74, 6) is 0.731. The van der Waals surface area contributed by atoms with Gasteiger partial charge in [0.05, 0.1) is 11.0 Å². The molecule has 0 amide bonds. The summed E-state index contributed by atoms with van der Waals surface area (Å²) in [7, 11) is 0. The van der Waals surface area contributed by atoms with Crippen molar-refractivity contribution in [1.29, 1.82) is 0 Å². The number of aromatic nitrogens is 2. The van der Waals surface area contributed by atoms with E-state index in [-0.39, 0.29) is 5.69 Å². The molecule has 0 unspecified atom stereocenters. The largest absolute Gasteiger partial charge is 0.329 e. The number of nitrogens with zero attached hydrogens (tertiary/aromatic N) is 2. The van der Waals surface area contributed by atoms with Crippen molar-refractivity contribution in [2.75, 3.05) is 5.88 Å². The topological polar surface area (TPSA) is 26.9 Å². The summed E-state index contributed by atoms with van der Waals surface area (Å²) in [4.78, 5) is 12.3. The Kier molecular flexibility index (Phi) is 5.08. The maximum atomic E-state index is 12.3. The van der Waals surface area contributed by atoms with Gasteiger partial charge in [0, 0.05) is 19.0 Å². The molecule has 1 aromatic heterocycles. The Balaban J connectivity index is 2.18. The van der Waals surface area contributed by atoms with Crippen LogP contribution in [0.3, 0.4) is 0 Å². The van der Waals surface area contributed by atoms with Gasteiger partial charge in [-0.2, -0.15) is 0 Å². The first-order valence-corrected chi connectivity index (χ1v) is 7.57. The maximum Gasteiger partial charge on any atom is 0.329 e. The van der Waals surface area contributed by atoms with Crippen LogP contribution in [0.4, 0.5) is 0 Å². The second-order valence-corrected chi connectivity index (χ2v) is 5.15. The number of para-hydroxylation sites is 2. The molecule has 0 atom stereocenters. The van der Waals surface area contributed by atoms with Crippen molar-refractivity contribution in [1.82, 2.24) is 9.13 Å². The van der Waals surface area contributed by atoms with Crippen LogP contribution < -0.4 is 5.69 Å². The molecule has 3 nitrogen and oxygen atoms in total. The van der Waals surface area contributed by atoms with E-state index in [1.807, 2.05) is 40.3 Å². The van der Waals surface area contributed by atoms with Gasteiger partial charge in [0.1, 0.15) is 0 Å². The van der Waals surface area contributed by atoms with Gasteiger partial charge < -0.3 is 0 Å². The van der Waals surface area contributed by atoms with Crippen LogP contribution in [-0.2, 0) is 13.1 Å². The smallest absolute Gasteiger partial charge is 0.292 e. The molecule has 104 valence electrons. The molecule has 19 heavy (non-hydrogen) atoms. The first-order chi connectivity index (χ1) is 9.29. The van der Waals surface area contributed by atoms with Gasteiger partial charge in [0.2, 0.25) is 0 Å².